The number of nitrogen functional groups attached to an aromatic ring is 1. The Balaban J connectivity index is 1.54. The molecule has 22 heavy (non-hydrogen) atoms. The highest BCUT2D eigenvalue weighted by Crippen LogP contribution is 2.23. The number of hydrogen-bond donors (Lipinski definition) is 1. The summed E-state index contributed by atoms with van der Waals surface area (Å²) in [6.07, 6.45) is 6.14. The lowest BCUT2D eigenvalue weighted by Crippen LogP contribution is -2.39. The zero-order chi connectivity index (χ0) is 15.5. The van der Waals surface area contributed by atoms with Crippen LogP contribution in [0.1, 0.15) is 24.4 Å². The first kappa shape index (κ1) is 15.1. The SMILES string of the molecule is Nc1ccc(CC(=O)N2CCC(n3cc(Br)cn3)CC2)cc1. The van der Waals surface area contributed by atoms with Gasteiger partial charge in [-0.25, -0.2) is 0 Å². The van der Waals surface area contributed by atoms with Gasteiger partial charge in [-0.1, -0.05) is 12.1 Å². The van der Waals surface area contributed by atoms with E-state index in [1.807, 2.05) is 40.0 Å². The molecule has 3 rings (SSSR count). The monoisotopic (exact) mass is 362 g/mol. The van der Waals surface area contributed by atoms with E-state index in [1.165, 1.54) is 0 Å². The summed E-state index contributed by atoms with van der Waals surface area (Å²) >= 11 is 3.42. The van der Waals surface area contributed by atoms with Gasteiger partial charge in [-0.15, -0.1) is 0 Å². The topological polar surface area (TPSA) is 64.2 Å². The Morgan fingerprint density at radius 3 is 2.55 bits per heavy atom. The molecule has 1 saturated heterocycles. The number of anilines is 1. The second kappa shape index (κ2) is 6.52. The largest absolute Gasteiger partial charge is 0.399 e. The molecule has 0 saturated carbocycles. The summed E-state index contributed by atoms with van der Waals surface area (Å²) in [6.45, 7) is 1.58. The van der Waals surface area contributed by atoms with Crippen LogP contribution in [0, 0.1) is 0 Å². The maximum absolute atomic E-state index is 12.4. The van der Waals surface area contributed by atoms with Crippen LogP contribution in [0.4, 0.5) is 5.69 Å². The third-order valence-corrected chi connectivity index (χ3v) is 4.51. The number of aromatic nitrogens is 2. The molecule has 1 aliphatic heterocycles. The molecule has 116 valence electrons. The van der Waals surface area contributed by atoms with Gasteiger partial charge >= 0.3 is 0 Å². The number of rotatable bonds is 3. The molecule has 0 spiro atoms. The molecule has 0 unspecified atom stereocenters. The Labute approximate surface area is 138 Å². The smallest absolute Gasteiger partial charge is 0.226 e. The summed E-state index contributed by atoms with van der Waals surface area (Å²) in [7, 11) is 0. The van der Waals surface area contributed by atoms with Crippen LogP contribution >= 0.6 is 15.9 Å². The van der Waals surface area contributed by atoms with Gasteiger partial charge in [-0.2, -0.15) is 5.10 Å². The minimum atomic E-state index is 0.185. The Bertz CT molecular complexity index is 644. The first-order valence-corrected chi connectivity index (χ1v) is 8.23. The van der Waals surface area contributed by atoms with Crippen molar-refractivity contribution in [2.75, 3.05) is 18.8 Å². The van der Waals surface area contributed by atoms with Crippen molar-refractivity contribution in [3.8, 4) is 0 Å². The lowest BCUT2D eigenvalue weighted by molar-refractivity contribution is -0.131. The van der Waals surface area contributed by atoms with Crippen molar-refractivity contribution in [3.63, 3.8) is 0 Å². The second-order valence-electron chi connectivity index (χ2n) is 5.67. The first-order chi connectivity index (χ1) is 10.6. The maximum atomic E-state index is 12.4. The predicted octanol–water partition coefficient (Wildman–Crippen LogP) is 2.63. The van der Waals surface area contributed by atoms with Crippen molar-refractivity contribution in [3.05, 3.63) is 46.7 Å². The number of halogens is 1. The highest BCUT2D eigenvalue weighted by molar-refractivity contribution is 9.10. The van der Waals surface area contributed by atoms with Crippen molar-refractivity contribution in [1.82, 2.24) is 14.7 Å². The Kier molecular flexibility index (Phi) is 4.47. The fourth-order valence-corrected chi connectivity index (χ4v) is 3.12. The molecule has 1 aliphatic rings. The summed E-state index contributed by atoms with van der Waals surface area (Å²) in [5.74, 6) is 0.185. The molecular weight excluding hydrogens is 344 g/mol. The molecule has 5 nitrogen and oxygen atoms in total. The molecule has 0 radical (unpaired) electrons. The normalized spacial score (nSPS) is 16.0. The van der Waals surface area contributed by atoms with E-state index < -0.39 is 0 Å². The average molecular weight is 363 g/mol. The van der Waals surface area contributed by atoms with Crippen LogP contribution < -0.4 is 5.73 Å². The fraction of sp³-hybridized carbons (Fsp3) is 0.375. The molecule has 1 aromatic heterocycles. The summed E-state index contributed by atoms with van der Waals surface area (Å²) < 4.78 is 2.99. The third kappa shape index (κ3) is 3.50. The van der Waals surface area contributed by atoms with Gasteiger partial charge < -0.3 is 10.6 Å². The number of hydrogen-bond acceptors (Lipinski definition) is 3. The molecule has 1 aromatic carbocycles. The number of piperidine rings is 1. The van der Waals surface area contributed by atoms with Gasteiger partial charge in [0.15, 0.2) is 0 Å². The number of nitrogens with zero attached hydrogens (tertiary/aromatic N) is 3. The predicted molar refractivity (Wildman–Crippen MR) is 89.3 cm³/mol. The zero-order valence-electron chi connectivity index (χ0n) is 12.3. The van der Waals surface area contributed by atoms with Gasteiger partial charge in [-0.3, -0.25) is 9.48 Å². The third-order valence-electron chi connectivity index (χ3n) is 4.10. The lowest BCUT2D eigenvalue weighted by atomic mass is 10.0. The van der Waals surface area contributed by atoms with Crippen LogP contribution in [-0.4, -0.2) is 33.7 Å². The molecule has 0 atom stereocenters. The van der Waals surface area contributed by atoms with Crippen LogP contribution in [-0.2, 0) is 11.2 Å². The molecule has 1 amide bonds. The van der Waals surface area contributed by atoms with Crippen LogP contribution in [0.5, 0.6) is 0 Å². The highest BCUT2D eigenvalue weighted by Gasteiger charge is 2.24. The Hall–Kier alpha value is -1.82. The minimum Gasteiger partial charge on any atom is -0.399 e. The van der Waals surface area contributed by atoms with E-state index in [0.29, 0.717) is 12.5 Å². The van der Waals surface area contributed by atoms with Crippen molar-refractivity contribution in [1.29, 1.82) is 0 Å². The Morgan fingerprint density at radius 2 is 1.95 bits per heavy atom. The van der Waals surface area contributed by atoms with Gasteiger partial charge in [0, 0.05) is 25.0 Å². The quantitative estimate of drug-likeness (QED) is 0.853. The van der Waals surface area contributed by atoms with E-state index in [-0.39, 0.29) is 5.91 Å². The van der Waals surface area contributed by atoms with Gasteiger partial charge in [0.25, 0.3) is 0 Å². The lowest BCUT2D eigenvalue weighted by Gasteiger charge is -2.32. The van der Waals surface area contributed by atoms with E-state index in [2.05, 4.69) is 21.0 Å². The first-order valence-electron chi connectivity index (χ1n) is 7.43. The number of nitrogens with two attached hydrogens (primary N) is 1. The second-order valence-corrected chi connectivity index (χ2v) is 6.58. The van der Waals surface area contributed by atoms with Gasteiger partial charge in [0.2, 0.25) is 5.91 Å². The van der Waals surface area contributed by atoms with Crippen LogP contribution in [0.3, 0.4) is 0 Å². The van der Waals surface area contributed by atoms with Crippen molar-refractivity contribution in [2.45, 2.75) is 25.3 Å². The molecular formula is C16H19BrN4O. The Morgan fingerprint density at radius 1 is 1.27 bits per heavy atom. The summed E-state index contributed by atoms with van der Waals surface area (Å²) in [5.41, 5.74) is 7.40. The zero-order valence-corrected chi connectivity index (χ0v) is 13.9. The molecule has 0 aliphatic carbocycles. The molecule has 2 aromatic rings. The average Bonchev–Trinajstić information content (AvgIpc) is 2.96. The van der Waals surface area contributed by atoms with Crippen molar-refractivity contribution in [2.24, 2.45) is 0 Å². The van der Waals surface area contributed by atoms with E-state index in [1.54, 1.807) is 6.20 Å². The number of carbonyl (C=O) groups is 1. The minimum absolute atomic E-state index is 0.185. The molecule has 6 heteroatoms. The summed E-state index contributed by atoms with van der Waals surface area (Å²) in [6, 6.07) is 7.89. The van der Waals surface area contributed by atoms with Crippen molar-refractivity contribution >= 4 is 27.5 Å². The van der Waals surface area contributed by atoms with Crippen LogP contribution in [0.25, 0.3) is 0 Å². The fourth-order valence-electron chi connectivity index (χ4n) is 2.82. The van der Waals surface area contributed by atoms with E-state index in [4.69, 9.17) is 5.73 Å². The number of likely N-dealkylation sites (tertiary alicyclic amines) is 1. The molecule has 2 N–H and O–H groups in total. The van der Waals surface area contributed by atoms with Crippen LogP contribution in [0.2, 0.25) is 0 Å². The molecule has 0 bridgehead atoms. The standard InChI is InChI=1S/C16H19BrN4O/c17-13-10-19-21(11-13)15-5-7-20(8-6-15)16(22)9-12-1-3-14(18)4-2-12/h1-4,10-11,15H,5-9,18H2. The summed E-state index contributed by atoms with van der Waals surface area (Å²) in [4.78, 5) is 14.3. The summed E-state index contributed by atoms with van der Waals surface area (Å²) in [5, 5.41) is 4.34. The highest BCUT2D eigenvalue weighted by atomic mass is 79.9. The van der Waals surface area contributed by atoms with E-state index in [9.17, 15) is 4.79 Å². The molecule has 2 heterocycles. The number of carbonyl (C=O) groups excluding carboxylic acids is 1. The van der Waals surface area contributed by atoms with E-state index in [0.717, 1.165) is 41.7 Å². The van der Waals surface area contributed by atoms with Gasteiger partial charge in [-0.05, 0) is 46.5 Å². The van der Waals surface area contributed by atoms with Gasteiger partial charge in [0.05, 0.1) is 23.1 Å². The van der Waals surface area contributed by atoms with Crippen molar-refractivity contribution < 1.29 is 4.79 Å². The van der Waals surface area contributed by atoms with Crippen LogP contribution in [0.15, 0.2) is 41.1 Å². The van der Waals surface area contributed by atoms with Gasteiger partial charge in [0.1, 0.15) is 0 Å². The van der Waals surface area contributed by atoms with E-state index >= 15 is 0 Å². The molecule has 1 fully saturated rings. The number of benzene rings is 1. The maximum Gasteiger partial charge on any atom is 0.226 e. The number of amides is 1.